The molecule has 1 atom stereocenters. The first-order valence-electron chi connectivity index (χ1n) is 8.68. The van der Waals surface area contributed by atoms with Gasteiger partial charge in [-0.2, -0.15) is 0 Å². The lowest BCUT2D eigenvalue weighted by Gasteiger charge is -2.20. The molecule has 7 heteroatoms. The van der Waals surface area contributed by atoms with Crippen LogP contribution in [0.3, 0.4) is 0 Å². The SMILES string of the molecule is CCCNCCNC(=O)C1CC(=O)N(c2ccccc2OCC)C1.Cl. The van der Waals surface area contributed by atoms with Gasteiger partial charge in [0.15, 0.2) is 0 Å². The zero-order chi connectivity index (χ0) is 17.4. The Morgan fingerprint density at radius 1 is 1.24 bits per heavy atom. The van der Waals surface area contributed by atoms with Crippen LogP contribution >= 0.6 is 12.4 Å². The van der Waals surface area contributed by atoms with Gasteiger partial charge in [-0.1, -0.05) is 19.1 Å². The summed E-state index contributed by atoms with van der Waals surface area (Å²) in [6.45, 7) is 7.22. The van der Waals surface area contributed by atoms with E-state index in [1.165, 1.54) is 0 Å². The Balaban J connectivity index is 0.00000312. The molecular weight excluding hydrogens is 342 g/mol. The molecule has 2 rings (SSSR count). The Morgan fingerprint density at radius 2 is 2.00 bits per heavy atom. The predicted molar refractivity (Wildman–Crippen MR) is 101 cm³/mol. The number of benzene rings is 1. The molecule has 1 aromatic rings. The van der Waals surface area contributed by atoms with Crippen LogP contribution in [0.25, 0.3) is 0 Å². The van der Waals surface area contributed by atoms with Gasteiger partial charge in [-0.05, 0) is 32.0 Å². The van der Waals surface area contributed by atoms with Gasteiger partial charge in [-0.25, -0.2) is 0 Å². The van der Waals surface area contributed by atoms with E-state index in [2.05, 4.69) is 17.6 Å². The summed E-state index contributed by atoms with van der Waals surface area (Å²) in [5, 5.41) is 6.14. The van der Waals surface area contributed by atoms with Crippen molar-refractivity contribution in [3.63, 3.8) is 0 Å². The summed E-state index contributed by atoms with van der Waals surface area (Å²) >= 11 is 0. The van der Waals surface area contributed by atoms with E-state index >= 15 is 0 Å². The lowest BCUT2D eigenvalue weighted by Crippen LogP contribution is -2.37. The fraction of sp³-hybridized carbons (Fsp3) is 0.556. The van der Waals surface area contributed by atoms with Crippen molar-refractivity contribution in [2.24, 2.45) is 5.92 Å². The summed E-state index contributed by atoms with van der Waals surface area (Å²) in [5.41, 5.74) is 0.740. The van der Waals surface area contributed by atoms with Gasteiger partial charge in [0.25, 0.3) is 0 Å². The molecule has 25 heavy (non-hydrogen) atoms. The summed E-state index contributed by atoms with van der Waals surface area (Å²) < 4.78 is 5.59. The van der Waals surface area contributed by atoms with Crippen LogP contribution in [0.4, 0.5) is 5.69 Å². The van der Waals surface area contributed by atoms with Crippen LogP contribution in [0.5, 0.6) is 5.75 Å². The first-order chi connectivity index (χ1) is 11.7. The van der Waals surface area contributed by atoms with Crippen LogP contribution in [0.2, 0.25) is 0 Å². The average molecular weight is 370 g/mol. The van der Waals surface area contributed by atoms with Gasteiger partial charge in [0, 0.05) is 26.1 Å². The molecule has 1 saturated heterocycles. The van der Waals surface area contributed by atoms with Crippen molar-refractivity contribution in [2.45, 2.75) is 26.7 Å². The molecule has 0 spiro atoms. The van der Waals surface area contributed by atoms with E-state index in [-0.39, 0.29) is 36.6 Å². The fourth-order valence-corrected chi connectivity index (χ4v) is 2.79. The summed E-state index contributed by atoms with van der Waals surface area (Å²) in [4.78, 5) is 26.3. The minimum atomic E-state index is -0.307. The maximum atomic E-state index is 12.3. The third kappa shape index (κ3) is 5.90. The first kappa shape index (κ1) is 21.3. The van der Waals surface area contributed by atoms with Gasteiger partial charge in [0.1, 0.15) is 5.75 Å². The molecule has 0 saturated carbocycles. The van der Waals surface area contributed by atoms with Crippen molar-refractivity contribution >= 4 is 29.9 Å². The monoisotopic (exact) mass is 369 g/mol. The number of carbonyl (C=O) groups is 2. The average Bonchev–Trinajstić information content (AvgIpc) is 2.97. The number of ether oxygens (including phenoxy) is 1. The third-order valence-electron chi connectivity index (χ3n) is 3.98. The van der Waals surface area contributed by atoms with Crippen molar-refractivity contribution in [3.05, 3.63) is 24.3 Å². The minimum Gasteiger partial charge on any atom is -0.492 e. The normalized spacial score (nSPS) is 16.5. The lowest BCUT2D eigenvalue weighted by molar-refractivity contribution is -0.126. The first-order valence-corrected chi connectivity index (χ1v) is 8.68. The molecule has 1 aromatic carbocycles. The number of rotatable bonds is 9. The van der Waals surface area contributed by atoms with E-state index in [0.29, 0.717) is 25.4 Å². The summed E-state index contributed by atoms with van der Waals surface area (Å²) in [7, 11) is 0. The van der Waals surface area contributed by atoms with Crippen LogP contribution < -0.4 is 20.3 Å². The smallest absolute Gasteiger partial charge is 0.227 e. The molecule has 0 aromatic heterocycles. The van der Waals surface area contributed by atoms with Crippen molar-refractivity contribution < 1.29 is 14.3 Å². The molecule has 0 radical (unpaired) electrons. The number of carbonyl (C=O) groups excluding carboxylic acids is 2. The molecule has 1 fully saturated rings. The second kappa shape index (κ2) is 10.9. The molecule has 140 valence electrons. The second-order valence-electron chi connectivity index (χ2n) is 5.85. The molecule has 1 aliphatic rings. The highest BCUT2D eigenvalue weighted by Crippen LogP contribution is 2.33. The maximum Gasteiger partial charge on any atom is 0.227 e. The maximum absolute atomic E-state index is 12.3. The summed E-state index contributed by atoms with van der Waals surface area (Å²) in [5.74, 6) is 0.279. The Labute approximate surface area is 155 Å². The van der Waals surface area contributed by atoms with E-state index in [1.807, 2.05) is 31.2 Å². The number of hydrogen-bond donors (Lipinski definition) is 2. The molecule has 2 amide bonds. The zero-order valence-corrected chi connectivity index (χ0v) is 15.7. The molecule has 1 heterocycles. The van der Waals surface area contributed by atoms with Crippen molar-refractivity contribution in [1.29, 1.82) is 0 Å². The van der Waals surface area contributed by atoms with E-state index in [9.17, 15) is 9.59 Å². The Kier molecular flexibility index (Phi) is 9.31. The predicted octanol–water partition coefficient (Wildman–Crippen LogP) is 1.98. The van der Waals surface area contributed by atoms with Crippen molar-refractivity contribution in [3.8, 4) is 5.75 Å². The summed E-state index contributed by atoms with van der Waals surface area (Å²) in [6.07, 6.45) is 1.31. The van der Waals surface area contributed by atoms with Crippen LogP contribution in [-0.2, 0) is 9.59 Å². The van der Waals surface area contributed by atoms with Gasteiger partial charge in [-0.15, -0.1) is 12.4 Å². The number of halogens is 1. The van der Waals surface area contributed by atoms with Crippen molar-refractivity contribution in [2.75, 3.05) is 37.7 Å². The zero-order valence-electron chi connectivity index (χ0n) is 14.9. The number of anilines is 1. The minimum absolute atomic E-state index is 0. The standard InChI is InChI=1S/C18H27N3O3.ClH/c1-3-9-19-10-11-20-18(23)14-12-17(22)21(13-14)15-7-5-6-8-16(15)24-4-2;/h5-8,14,19H,3-4,9-13H2,1-2H3,(H,20,23);1H. The molecule has 1 aliphatic heterocycles. The largest absolute Gasteiger partial charge is 0.492 e. The molecule has 0 bridgehead atoms. The Bertz CT molecular complexity index is 568. The van der Waals surface area contributed by atoms with Gasteiger partial charge in [0.2, 0.25) is 11.8 Å². The van der Waals surface area contributed by atoms with Gasteiger partial charge >= 0.3 is 0 Å². The topological polar surface area (TPSA) is 70.7 Å². The van der Waals surface area contributed by atoms with E-state index in [4.69, 9.17) is 4.74 Å². The molecule has 6 nitrogen and oxygen atoms in total. The van der Waals surface area contributed by atoms with Crippen LogP contribution in [0.1, 0.15) is 26.7 Å². The Morgan fingerprint density at radius 3 is 2.72 bits per heavy atom. The number of para-hydroxylation sites is 2. The number of amides is 2. The quantitative estimate of drug-likeness (QED) is 0.653. The highest BCUT2D eigenvalue weighted by molar-refractivity contribution is 6.01. The van der Waals surface area contributed by atoms with E-state index in [0.717, 1.165) is 25.2 Å². The number of nitrogens with one attached hydrogen (secondary N) is 2. The third-order valence-corrected chi connectivity index (χ3v) is 3.98. The Hall–Kier alpha value is -1.79. The van der Waals surface area contributed by atoms with Crippen LogP contribution in [-0.4, -0.2) is 44.6 Å². The number of nitrogens with zero attached hydrogens (tertiary/aromatic N) is 1. The van der Waals surface area contributed by atoms with Crippen molar-refractivity contribution in [1.82, 2.24) is 10.6 Å². The highest BCUT2D eigenvalue weighted by Gasteiger charge is 2.36. The summed E-state index contributed by atoms with van der Waals surface area (Å²) in [6, 6.07) is 7.46. The highest BCUT2D eigenvalue weighted by atomic mass is 35.5. The van der Waals surface area contributed by atoms with Crippen LogP contribution in [0.15, 0.2) is 24.3 Å². The van der Waals surface area contributed by atoms with E-state index in [1.54, 1.807) is 4.90 Å². The molecule has 1 unspecified atom stereocenters. The van der Waals surface area contributed by atoms with Gasteiger partial charge in [0.05, 0.1) is 18.2 Å². The van der Waals surface area contributed by atoms with Gasteiger partial charge in [-0.3, -0.25) is 9.59 Å². The lowest BCUT2D eigenvalue weighted by atomic mass is 10.1. The second-order valence-corrected chi connectivity index (χ2v) is 5.85. The molecular formula is C18H28ClN3O3. The fourth-order valence-electron chi connectivity index (χ4n) is 2.79. The van der Waals surface area contributed by atoms with Crippen LogP contribution in [0, 0.1) is 5.92 Å². The van der Waals surface area contributed by atoms with Gasteiger partial charge < -0.3 is 20.3 Å². The molecule has 2 N–H and O–H groups in total. The molecule has 0 aliphatic carbocycles. The number of hydrogen-bond acceptors (Lipinski definition) is 4. The van der Waals surface area contributed by atoms with E-state index < -0.39 is 0 Å².